The maximum atomic E-state index is 11.4. The highest BCUT2D eigenvalue weighted by atomic mass is 16.5. The van der Waals surface area contributed by atoms with Crippen molar-refractivity contribution < 1.29 is 14.6 Å². The van der Waals surface area contributed by atoms with Crippen molar-refractivity contribution in [2.75, 3.05) is 32.9 Å². The molecule has 1 rings (SSSR count). The molecule has 4 heteroatoms. The van der Waals surface area contributed by atoms with Crippen LogP contribution < -0.4 is 0 Å². The Labute approximate surface area is 91.2 Å². The van der Waals surface area contributed by atoms with E-state index < -0.39 is 0 Å². The van der Waals surface area contributed by atoms with E-state index in [2.05, 4.69) is 13.8 Å². The normalized spacial score (nSPS) is 21.7. The van der Waals surface area contributed by atoms with Gasteiger partial charge in [0, 0.05) is 38.6 Å². The zero-order valence-electron chi connectivity index (χ0n) is 9.61. The van der Waals surface area contributed by atoms with E-state index in [1.54, 1.807) is 4.90 Å². The molecular formula is C11H21NO3. The van der Waals surface area contributed by atoms with E-state index in [0.717, 1.165) is 6.61 Å². The smallest absolute Gasteiger partial charge is 0.223 e. The van der Waals surface area contributed by atoms with Gasteiger partial charge in [-0.25, -0.2) is 0 Å². The zero-order chi connectivity index (χ0) is 11.3. The number of likely N-dealkylation sites (tertiary alicyclic amines) is 1. The van der Waals surface area contributed by atoms with Crippen LogP contribution in [0.15, 0.2) is 0 Å². The first kappa shape index (κ1) is 12.5. The number of carbonyl (C=O) groups excluding carboxylic acids is 1. The van der Waals surface area contributed by atoms with Crippen LogP contribution in [0.4, 0.5) is 0 Å². The van der Waals surface area contributed by atoms with Crippen molar-refractivity contribution in [3.05, 3.63) is 0 Å². The molecule has 0 spiro atoms. The van der Waals surface area contributed by atoms with E-state index in [1.807, 2.05) is 0 Å². The molecule has 0 aromatic heterocycles. The second kappa shape index (κ2) is 6.08. The molecule has 0 radical (unpaired) electrons. The third-order valence-corrected chi connectivity index (χ3v) is 2.51. The zero-order valence-corrected chi connectivity index (χ0v) is 9.61. The van der Waals surface area contributed by atoms with Gasteiger partial charge in [0.2, 0.25) is 5.91 Å². The first-order chi connectivity index (χ1) is 7.13. The summed E-state index contributed by atoms with van der Waals surface area (Å²) in [4.78, 5) is 13.2. The van der Waals surface area contributed by atoms with Gasteiger partial charge in [-0.3, -0.25) is 4.79 Å². The highest BCUT2D eigenvalue weighted by Gasteiger charge is 2.28. The molecule has 4 nitrogen and oxygen atoms in total. The van der Waals surface area contributed by atoms with Gasteiger partial charge in [-0.05, 0) is 5.92 Å². The lowest BCUT2D eigenvalue weighted by Gasteiger charge is -2.16. The summed E-state index contributed by atoms with van der Waals surface area (Å²) in [5, 5.41) is 8.94. The monoisotopic (exact) mass is 215 g/mol. The molecule has 0 aromatic carbocycles. The second-order valence-corrected chi connectivity index (χ2v) is 4.56. The Morgan fingerprint density at radius 3 is 2.87 bits per heavy atom. The molecule has 88 valence electrons. The second-order valence-electron chi connectivity index (χ2n) is 4.56. The van der Waals surface area contributed by atoms with Crippen molar-refractivity contribution in [1.29, 1.82) is 0 Å². The number of hydrogen-bond donors (Lipinski definition) is 1. The SMILES string of the molecule is CC(C)COCCN1CC(CO)CC1=O. The Kier molecular flexibility index (Phi) is 5.05. The average molecular weight is 215 g/mol. The number of ether oxygens (including phenoxy) is 1. The number of nitrogens with zero attached hydrogens (tertiary/aromatic N) is 1. The molecule has 15 heavy (non-hydrogen) atoms. The summed E-state index contributed by atoms with van der Waals surface area (Å²) >= 11 is 0. The molecule has 1 unspecified atom stereocenters. The van der Waals surface area contributed by atoms with Crippen LogP contribution in [0, 0.1) is 11.8 Å². The quantitative estimate of drug-likeness (QED) is 0.656. The lowest BCUT2D eigenvalue weighted by atomic mass is 10.1. The fourth-order valence-corrected chi connectivity index (χ4v) is 1.69. The molecule has 1 aliphatic heterocycles. The molecule has 1 aliphatic rings. The molecule has 0 aliphatic carbocycles. The van der Waals surface area contributed by atoms with E-state index in [1.165, 1.54) is 0 Å². The lowest BCUT2D eigenvalue weighted by molar-refractivity contribution is -0.128. The maximum Gasteiger partial charge on any atom is 0.223 e. The van der Waals surface area contributed by atoms with Gasteiger partial charge < -0.3 is 14.7 Å². The van der Waals surface area contributed by atoms with Crippen LogP contribution >= 0.6 is 0 Å². The molecule has 1 saturated heterocycles. The van der Waals surface area contributed by atoms with Crippen LogP contribution in [0.2, 0.25) is 0 Å². The summed E-state index contributed by atoms with van der Waals surface area (Å²) in [6.07, 6.45) is 0.487. The van der Waals surface area contributed by atoms with Crippen LogP contribution in [0.5, 0.6) is 0 Å². The van der Waals surface area contributed by atoms with E-state index in [9.17, 15) is 4.79 Å². The van der Waals surface area contributed by atoms with Crippen LogP contribution in [0.3, 0.4) is 0 Å². The van der Waals surface area contributed by atoms with E-state index >= 15 is 0 Å². The number of aliphatic hydroxyl groups excluding tert-OH is 1. The van der Waals surface area contributed by atoms with Crippen molar-refractivity contribution in [3.8, 4) is 0 Å². The fourth-order valence-electron chi connectivity index (χ4n) is 1.69. The summed E-state index contributed by atoms with van der Waals surface area (Å²) < 4.78 is 5.42. The van der Waals surface area contributed by atoms with Crippen molar-refractivity contribution in [2.24, 2.45) is 11.8 Å². The molecule has 0 bridgehead atoms. The first-order valence-corrected chi connectivity index (χ1v) is 5.60. The van der Waals surface area contributed by atoms with Crippen LogP contribution in [-0.4, -0.2) is 48.8 Å². The Balaban J connectivity index is 2.14. The van der Waals surface area contributed by atoms with Crippen LogP contribution in [0.25, 0.3) is 0 Å². The predicted octanol–water partition coefficient (Wildman–Crippen LogP) is 0.500. The molecular weight excluding hydrogens is 194 g/mol. The highest BCUT2D eigenvalue weighted by Crippen LogP contribution is 2.16. The summed E-state index contributed by atoms with van der Waals surface area (Å²) in [5.41, 5.74) is 0. The van der Waals surface area contributed by atoms with Gasteiger partial charge in [0.25, 0.3) is 0 Å². The Hall–Kier alpha value is -0.610. The average Bonchev–Trinajstić information content (AvgIpc) is 2.54. The van der Waals surface area contributed by atoms with Crippen molar-refractivity contribution in [2.45, 2.75) is 20.3 Å². The third kappa shape index (κ3) is 4.18. The molecule has 1 N–H and O–H groups in total. The third-order valence-electron chi connectivity index (χ3n) is 2.51. The first-order valence-electron chi connectivity index (χ1n) is 5.60. The van der Waals surface area contributed by atoms with Crippen LogP contribution in [-0.2, 0) is 9.53 Å². The molecule has 1 fully saturated rings. The number of carbonyl (C=O) groups is 1. The van der Waals surface area contributed by atoms with E-state index in [0.29, 0.717) is 32.0 Å². The van der Waals surface area contributed by atoms with Gasteiger partial charge in [0.15, 0.2) is 0 Å². The van der Waals surface area contributed by atoms with Gasteiger partial charge in [-0.2, -0.15) is 0 Å². The summed E-state index contributed by atoms with van der Waals surface area (Å²) in [7, 11) is 0. The molecule has 1 atom stereocenters. The predicted molar refractivity (Wildman–Crippen MR) is 57.4 cm³/mol. The number of rotatable bonds is 6. The van der Waals surface area contributed by atoms with Gasteiger partial charge in [0.05, 0.1) is 6.61 Å². The number of hydrogen-bond acceptors (Lipinski definition) is 3. The minimum atomic E-state index is 0.106. The minimum Gasteiger partial charge on any atom is -0.396 e. The largest absolute Gasteiger partial charge is 0.396 e. The molecule has 0 saturated carbocycles. The van der Waals surface area contributed by atoms with Crippen molar-refractivity contribution >= 4 is 5.91 Å². The van der Waals surface area contributed by atoms with Gasteiger partial charge in [-0.15, -0.1) is 0 Å². The summed E-state index contributed by atoms with van der Waals surface area (Å²) in [6, 6.07) is 0. The molecule has 1 heterocycles. The molecule has 1 amide bonds. The standard InChI is InChI=1S/C11H21NO3/c1-9(2)8-15-4-3-12-6-10(7-13)5-11(12)14/h9-10,13H,3-8H2,1-2H3. The molecule has 0 aromatic rings. The topological polar surface area (TPSA) is 49.8 Å². The Morgan fingerprint density at radius 1 is 1.60 bits per heavy atom. The fraction of sp³-hybridized carbons (Fsp3) is 0.909. The van der Waals surface area contributed by atoms with Crippen molar-refractivity contribution in [3.63, 3.8) is 0 Å². The van der Waals surface area contributed by atoms with E-state index in [4.69, 9.17) is 9.84 Å². The summed E-state index contributed by atoms with van der Waals surface area (Å²) in [5.74, 6) is 0.800. The van der Waals surface area contributed by atoms with Gasteiger partial charge in [-0.1, -0.05) is 13.8 Å². The van der Waals surface area contributed by atoms with Crippen molar-refractivity contribution in [1.82, 2.24) is 4.90 Å². The van der Waals surface area contributed by atoms with Gasteiger partial charge >= 0.3 is 0 Å². The lowest BCUT2D eigenvalue weighted by Crippen LogP contribution is -2.29. The highest BCUT2D eigenvalue weighted by molar-refractivity contribution is 5.78. The maximum absolute atomic E-state index is 11.4. The number of amides is 1. The minimum absolute atomic E-state index is 0.106. The van der Waals surface area contributed by atoms with E-state index in [-0.39, 0.29) is 18.4 Å². The van der Waals surface area contributed by atoms with Crippen LogP contribution in [0.1, 0.15) is 20.3 Å². The number of aliphatic hydroxyl groups is 1. The Bertz CT molecular complexity index is 206. The van der Waals surface area contributed by atoms with Gasteiger partial charge in [0.1, 0.15) is 0 Å². The summed E-state index contributed by atoms with van der Waals surface area (Å²) in [6.45, 7) is 6.98. The Morgan fingerprint density at radius 2 is 2.33 bits per heavy atom.